The van der Waals surface area contributed by atoms with Crippen LogP contribution in [0.3, 0.4) is 0 Å². The number of piperidine rings is 1. The van der Waals surface area contributed by atoms with Gasteiger partial charge in [-0.25, -0.2) is 4.98 Å². The minimum atomic E-state index is -0.107. The molecule has 1 aromatic heterocycles. The van der Waals surface area contributed by atoms with E-state index < -0.39 is 0 Å². The van der Waals surface area contributed by atoms with Crippen LogP contribution < -0.4 is 11.1 Å². The third kappa shape index (κ3) is 1.98. The lowest BCUT2D eigenvalue weighted by molar-refractivity contribution is 0.0960. The normalized spacial score (nSPS) is 25.5. The van der Waals surface area contributed by atoms with E-state index in [0.717, 1.165) is 42.9 Å². The SMILES string of the molecule is CNC(=O)c1nc2c(s1)[C@@H](N)C1(CCN(C)CC1)C2. The number of amides is 1. The Kier molecular flexibility index (Phi) is 3.11. The Bertz CT molecular complexity index is 505. The van der Waals surface area contributed by atoms with E-state index >= 15 is 0 Å². The lowest BCUT2D eigenvalue weighted by atomic mass is 9.74. The second-order valence-corrected chi connectivity index (χ2v) is 6.76. The second kappa shape index (κ2) is 4.54. The minimum absolute atomic E-state index is 0.0482. The first-order chi connectivity index (χ1) is 9.05. The Balaban J connectivity index is 1.85. The highest BCUT2D eigenvalue weighted by Gasteiger charge is 2.47. The van der Waals surface area contributed by atoms with Gasteiger partial charge in [0.15, 0.2) is 5.01 Å². The van der Waals surface area contributed by atoms with Crippen molar-refractivity contribution in [1.29, 1.82) is 0 Å². The summed E-state index contributed by atoms with van der Waals surface area (Å²) in [6, 6.07) is 0.0482. The van der Waals surface area contributed by atoms with Gasteiger partial charge < -0.3 is 16.0 Å². The van der Waals surface area contributed by atoms with Crippen LogP contribution in [0.1, 0.15) is 39.3 Å². The number of nitrogens with two attached hydrogens (primary N) is 1. The molecule has 0 saturated carbocycles. The first-order valence-electron chi connectivity index (χ1n) is 6.71. The lowest BCUT2D eigenvalue weighted by Crippen LogP contribution is -2.42. The summed E-state index contributed by atoms with van der Waals surface area (Å²) in [5, 5.41) is 3.17. The summed E-state index contributed by atoms with van der Waals surface area (Å²) < 4.78 is 0. The van der Waals surface area contributed by atoms with Gasteiger partial charge in [-0.05, 0) is 44.8 Å². The van der Waals surface area contributed by atoms with Gasteiger partial charge >= 0.3 is 0 Å². The van der Waals surface area contributed by atoms with Gasteiger partial charge in [0, 0.05) is 18.0 Å². The van der Waals surface area contributed by atoms with Gasteiger partial charge in [0.05, 0.1) is 5.69 Å². The summed E-state index contributed by atoms with van der Waals surface area (Å²) in [6.45, 7) is 2.20. The third-order valence-electron chi connectivity index (χ3n) is 4.59. The van der Waals surface area contributed by atoms with Gasteiger partial charge in [0.2, 0.25) is 0 Å². The molecule has 1 aliphatic heterocycles. The highest BCUT2D eigenvalue weighted by molar-refractivity contribution is 7.13. The first-order valence-corrected chi connectivity index (χ1v) is 7.53. The van der Waals surface area contributed by atoms with Crippen LogP contribution in [0.2, 0.25) is 0 Å². The number of hydrogen-bond acceptors (Lipinski definition) is 5. The number of thiazole rings is 1. The molecule has 1 amide bonds. The van der Waals surface area contributed by atoms with E-state index in [-0.39, 0.29) is 17.4 Å². The second-order valence-electron chi connectivity index (χ2n) is 5.73. The maximum absolute atomic E-state index is 11.6. The highest BCUT2D eigenvalue weighted by Crippen LogP contribution is 2.52. The van der Waals surface area contributed by atoms with Crippen LogP contribution in [-0.4, -0.2) is 43.0 Å². The summed E-state index contributed by atoms with van der Waals surface area (Å²) in [5.74, 6) is -0.107. The average molecular weight is 280 g/mol. The van der Waals surface area contributed by atoms with Crippen molar-refractivity contribution in [3.8, 4) is 0 Å². The standard InChI is InChI=1S/C13H20N4OS/c1-15-11(18)12-16-8-7-13(10(14)9(8)19-12)3-5-17(2)6-4-13/h10H,3-7,14H2,1-2H3,(H,15,18)/t10-/m1/s1. The number of aromatic nitrogens is 1. The third-order valence-corrected chi connectivity index (χ3v) is 5.77. The summed E-state index contributed by atoms with van der Waals surface area (Å²) in [5.41, 5.74) is 7.72. The Morgan fingerprint density at radius 3 is 2.79 bits per heavy atom. The molecule has 6 heteroatoms. The van der Waals surface area contributed by atoms with Crippen molar-refractivity contribution in [2.24, 2.45) is 11.1 Å². The zero-order valence-electron chi connectivity index (χ0n) is 11.4. The van der Waals surface area contributed by atoms with Crippen molar-refractivity contribution in [1.82, 2.24) is 15.2 Å². The topological polar surface area (TPSA) is 71.2 Å². The van der Waals surface area contributed by atoms with Crippen molar-refractivity contribution in [2.45, 2.75) is 25.3 Å². The zero-order chi connectivity index (χ0) is 13.6. The highest BCUT2D eigenvalue weighted by atomic mass is 32.1. The monoisotopic (exact) mass is 280 g/mol. The quantitative estimate of drug-likeness (QED) is 0.797. The molecular formula is C13H20N4OS. The van der Waals surface area contributed by atoms with Crippen molar-refractivity contribution in [3.63, 3.8) is 0 Å². The minimum Gasteiger partial charge on any atom is -0.353 e. The van der Waals surface area contributed by atoms with E-state index in [2.05, 4.69) is 22.2 Å². The van der Waals surface area contributed by atoms with Gasteiger partial charge in [-0.3, -0.25) is 4.79 Å². The van der Waals surface area contributed by atoms with Crippen LogP contribution in [0.25, 0.3) is 0 Å². The molecule has 0 aromatic carbocycles. The van der Waals surface area contributed by atoms with Crippen molar-refractivity contribution in [3.05, 3.63) is 15.6 Å². The van der Waals surface area contributed by atoms with Gasteiger partial charge in [0.25, 0.3) is 5.91 Å². The number of likely N-dealkylation sites (tertiary alicyclic amines) is 1. The van der Waals surface area contributed by atoms with Gasteiger partial charge in [-0.1, -0.05) is 0 Å². The smallest absolute Gasteiger partial charge is 0.280 e. The molecular weight excluding hydrogens is 260 g/mol. The lowest BCUT2D eigenvalue weighted by Gasteiger charge is -2.40. The van der Waals surface area contributed by atoms with E-state index in [0.29, 0.717) is 5.01 Å². The Hall–Kier alpha value is -0.980. The summed E-state index contributed by atoms with van der Waals surface area (Å²) in [4.78, 5) is 19.6. The van der Waals surface area contributed by atoms with E-state index in [1.807, 2.05) is 0 Å². The fourth-order valence-electron chi connectivity index (χ4n) is 3.21. The first kappa shape index (κ1) is 13.0. The molecule has 0 radical (unpaired) electrons. The van der Waals surface area contributed by atoms with E-state index in [1.54, 1.807) is 7.05 Å². The number of rotatable bonds is 1. The molecule has 3 rings (SSSR count). The largest absolute Gasteiger partial charge is 0.353 e. The van der Waals surface area contributed by atoms with Crippen molar-refractivity contribution >= 4 is 17.2 Å². The fourth-order valence-corrected chi connectivity index (χ4v) is 4.38. The van der Waals surface area contributed by atoms with E-state index in [4.69, 9.17) is 5.73 Å². The van der Waals surface area contributed by atoms with Crippen LogP contribution in [0.15, 0.2) is 0 Å². The van der Waals surface area contributed by atoms with Gasteiger partial charge in [0.1, 0.15) is 0 Å². The van der Waals surface area contributed by atoms with E-state index in [9.17, 15) is 4.79 Å². The number of carbonyl (C=O) groups excluding carboxylic acids is 1. The maximum atomic E-state index is 11.6. The fraction of sp³-hybridized carbons (Fsp3) is 0.692. The molecule has 0 unspecified atom stereocenters. The maximum Gasteiger partial charge on any atom is 0.280 e. The Morgan fingerprint density at radius 2 is 2.21 bits per heavy atom. The molecule has 104 valence electrons. The van der Waals surface area contributed by atoms with Gasteiger partial charge in [-0.15, -0.1) is 11.3 Å². The molecule has 2 heterocycles. The Labute approximate surface area is 117 Å². The molecule has 1 fully saturated rings. The summed E-state index contributed by atoms with van der Waals surface area (Å²) in [6.07, 6.45) is 3.19. The molecule has 1 saturated heterocycles. The number of hydrogen-bond donors (Lipinski definition) is 2. The number of nitrogens with zero attached hydrogens (tertiary/aromatic N) is 2. The summed E-state index contributed by atoms with van der Waals surface area (Å²) >= 11 is 1.47. The van der Waals surface area contributed by atoms with Gasteiger partial charge in [-0.2, -0.15) is 0 Å². The molecule has 19 heavy (non-hydrogen) atoms. The molecule has 1 atom stereocenters. The molecule has 3 N–H and O–H groups in total. The predicted octanol–water partition coefficient (Wildman–Crippen LogP) is 0.771. The van der Waals surface area contributed by atoms with E-state index in [1.165, 1.54) is 11.3 Å². The Morgan fingerprint density at radius 1 is 1.53 bits per heavy atom. The van der Waals surface area contributed by atoms with Crippen LogP contribution in [-0.2, 0) is 6.42 Å². The molecule has 1 aliphatic carbocycles. The summed E-state index contributed by atoms with van der Waals surface area (Å²) in [7, 11) is 3.79. The predicted molar refractivity (Wildman–Crippen MR) is 75.3 cm³/mol. The zero-order valence-corrected chi connectivity index (χ0v) is 12.2. The molecule has 5 nitrogen and oxygen atoms in total. The molecule has 2 aliphatic rings. The van der Waals surface area contributed by atoms with Crippen molar-refractivity contribution < 1.29 is 4.79 Å². The molecule has 0 bridgehead atoms. The van der Waals surface area contributed by atoms with Crippen LogP contribution in [0, 0.1) is 5.41 Å². The average Bonchev–Trinajstić information content (AvgIpc) is 2.92. The van der Waals surface area contributed by atoms with Crippen LogP contribution >= 0.6 is 11.3 Å². The van der Waals surface area contributed by atoms with Crippen LogP contribution in [0.5, 0.6) is 0 Å². The number of nitrogens with one attached hydrogen (secondary N) is 1. The van der Waals surface area contributed by atoms with Crippen LogP contribution in [0.4, 0.5) is 0 Å². The number of fused-ring (bicyclic) bond motifs is 1. The molecule has 1 aromatic rings. The number of carbonyl (C=O) groups is 1. The van der Waals surface area contributed by atoms with Crippen molar-refractivity contribution in [2.75, 3.05) is 27.2 Å². The molecule has 1 spiro atoms.